The summed E-state index contributed by atoms with van der Waals surface area (Å²) in [5.74, 6) is 0. The zero-order valence-corrected chi connectivity index (χ0v) is 10.9. The number of nitriles is 1. The standard InChI is InChI=1S/C16H17N3/c1-16(10-11-17,12-2-6-14(18)7-3-12)13-4-8-15(19)9-5-13/h2-9H,10,18-19H2,1H3. The van der Waals surface area contributed by atoms with Crippen LogP contribution in [0, 0.1) is 11.3 Å². The van der Waals surface area contributed by atoms with Crippen molar-refractivity contribution < 1.29 is 0 Å². The summed E-state index contributed by atoms with van der Waals surface area (Å²) in [6.45, 7) is 2.06. The third-order valence-electron chi connectivity index (χ3n) is 3.53. The molecule has 0 aromatic heterocycles. The predicted octanol–water partition coefficient (Wildman–Crippen LogP) is 3.07. The van der Waals surface area contributed by atoms with E-state index in [1.807, 2.05) is 48.5 Å². The monoisotopic (exact) mass is 251 g/mol. The van der Waals surface area contributed by atoms with Crippen molar-refractivity contribution in [3.05, 3.63) is 59.7 Å². The second kappa shape index (κ2) is 5.03. The lowest BCUT2D eigenvalue weighted by Crippen LogP contribution is -2.23. The van der Waals surface area contributed by atoms with Crippen LogP contribution in [0.3, 0.4) is 0 Å². The predicted molar refractivity (Wildman–Crippen MR) is 78.4 cm³/mol. The molecule has 0 heterocycles. The van der Waals surface area contributed by atoms with Crippen molar-refractivity contribution in [2.24, 2.45) is 0 Å². The van der Waals surface area contributed by atoms with Gasteiger partial charge in [-0.15, -0.1) is 0 Å². The average molecular weight is 251 g/mol. The molecule has 0 saturated carbocycles. The van der Waals surface area contributed by atoms with Crippen LogP contribution in [-0.4, -0.2) is 0 Å². The second-order valence-electron chi connectivity index (χ2n) is 4.91. The van der Waals surface area contributed by atoms with Crippen LogP contribution in [0.1, 0.15) is 24.5 Å². The first-order valence-corrected chi connectivity index (χ1v) is 6.15. The molecule has 0 unspecified atom stereocenters. The quantitative estimate of drug-likeness (QED) is 0.823. The van der Waals surface area contributed by atoms with Crippen molar-refractivity contribution in [2.75, 3.05) is 11.5 Å². The molecule has 0 fully saturated rings. The van der Waals surface area contributed by atoms with Crippen LogP contribution in [0.2, 0.25) is 0 Å². The van der Waals surface area contributed by atoms with Crippen molar-refractivity contribution in [2.45, 2.75) is 18.8 Å². The van der Waals surface area contributed by atoms with Gasteiger partial charge in [0, 0.05) is 23.2 Å². The van der Waals surface area contributed by atoms with Crippen LogP contribution >= 0.6 is 0 Å². The molecule has 2 aromatic carbocycles. The lowest BCUT2D eigenvalue weighted by atomic mass is 9.74. The van der Waals surface area contributed by atoms with E-state index >= 15 is 0 Å². The van der Waals surface area contributed by atoms with Crippen LogP contribution in [0.25, 0.3) is 0 Å². The fourth-order valence-electron chi connectivity index (χ4n) is 2.23. The average Bonchev–Trinajstić information content (AvgIpc) is 2.40. The zero-order chi connectivity index (χ0) is 13.9. The first kappa shape index (κ1) is 13.0. The summed E-state index contributed by atoms with van der Waals surface area (Å²) >= 11 is 0. The van der Waals surface area contributed by atoms with E-state index in [-0.39, 0.29) is 5.41 Å². The Labute approximate surface area is 113 Å². The Balaban J connectivity index is 2.51. The topological polar surface area (TPSA) is 75.8 Å². The Bertz CT molecular complexity index is 546. The Morgan fingerprint density at radius 3 is 1.58 bits per heavy atom. The van der Waals surface area contributed by atoms with Crippen LogP contribution in [0.5, 0.6) is 0 Å². The summed E-state index contributed by atoms with van der Waals surface area (Å²) in [6.07, 6.45) is 0.404. The highest BCUT2D eigenvalue weighted by Crippen LogP contribution is 2.35. The minimum absolute atomic E-state index is 0.351. The van der Waals surface area contributed by atoms with E-state index in [1.54, 1.807) is 0 Å². The first-order valence-electron chi connectivity index (χ1n) is 6.15. The molecule has 0 atom stereocenters. The molecular formula is C16H17N3. The van der Waals surface area contributed by atoms with Crippen LogP contribution in [0.15, 0.2) is 48.5 Å². The van der Waals surface area contributed by atoms with Crippen molar-refractivity contribution in [3.63, 3.8) is 0 Å². The van der Waals surface area contributed by atoms with Gasteiger partial charge in [0.1, 0.15) is 0 Å². The maximum atomic E-state index is 9.13. The van der Waals surface area contributed by atoms with Gasteiger partial charge in [-0.2, -0.15) is 5.26 Å². The molecule has 0 aliphatic heterocycles. The Morgan fingerprint density at radius 1 is 0.895 bits per heavy atom. The normalized spacial score (nSPS) is 10.9. The first-order chi connectivity index (χ1) is 9.06. The molecule has 3 nitrogen and oxygen atoms in total. The molecule has 0 radical (unpaired) electrons. The summed E-state index contributed by atoms with van der Waals surface area (Å²) in [5.41, 5.74) is 14.7. The van der Waals surface area contributed by atoms with Gasteiger partial charge in [-0.25, -0.2) is 0 Å². The van der Waals surface area contributed by atoms with Gasteiger partial charge in [0.25, 0.3) is 0 Å². The van der Waals surface area contributed by atoms with Gasteiger partial charge >= 0.3 is 0 Å². The fraction of sp³-hybridized carbons (Fsp3) is 0.188. The molecule has 0 spiro atoms. The van der Waals surface area contributed by atoms with Crippen molar-refractivity contribution in [3.8, 4) is 6.07 Å². The molecule has 96 valence electrons. The van der Waals surface area contributed by atoms with Crippen molar-refractivity contribution in [1.29, 1.82) is 5.26 Å². The van der Waals surface area contributed by atoms with Gasteiger partial charge in [-0.05, 0) is 35.4 Å². The maximum Gasteiger partial charge on any atom is 0.0634 e. The molecule has 19 heavy (non-hydrogen) atoms. The molecular weight excluding hydrogens is 234 g/mol. The van der Waals surface area contributed by atoms with E-state index in [9.17, 15) is 0 Å². The van der Waals surface area contributed by atoms with E-state index in [0.29, 0.717) is 6.42 Å². The molecule has 2 aromatic rings. The van der Waals surface area contributed by atoms with E-state index in [2.05, 4.69) is 13.0 Å². The summed E-state index contributed by atoms with van der Waals surface area (Å²) in [5, 5.41) is 9.13. The number of hydrogen-bond acceptors (Lipinski definition) is 3. The third-order valence-corrected chi connectivity index (χ3v) is 3.53. The highest BCUT2D eigenvalue weighted by Gasteiger charge is 2.28. The summed E-state index contributed by atoms with van der Waals surface area (Å²) in [4.78, 5) is 0. The van der Waals surface area contributed by atoms with Crippen LogP contribution in [-0.2, 0) is 5.41 Å². The lowest BCUT2D eigenvalue weighted by Gasteiger charge is -2.28. The molecule has 2 rings (SSSR count). The molecule has 0 aliphatic rings. The van der Waals surface area contributed by atoms with Crippen LogP contribution < -0.4 is 11.5 Å². The number of nitrogens with zero attached hydrogens (tertiary/aromatic N) is 1. The maximum absolute atomic E-state index is 9.13. The van der Waals surface area contributed by atoms with Gasteiger partial charge in [-0.1, -0.05) is 31.2 Å². The third kappa shape index (κ3) is 2.53. The molecule has 3 heteroatoms. The minimum Gasteiger partial charge on any atom is -0.399 e. The van der Waals surface area contributed by atoms with Gasteiger partial charge < -0.3 is 11.5 Å². The number of hydrogen-bond donors (Lipinski definition) is 2. The Hall–Kier alpha value is -2.47. The lowest BCUT2D eigenvalue weighted by molar-refractivity contribution is 0.587. The number of nitrogens with two attached hydrogens (primary N) is 2. The fourth-order valence-corrected chi connectivity index (χ4v) is 2.23. The number of rotatable bonds is 3. The molecule has 4 N–H and O–H groups in total. The summed E-state index contributed by atoms with van der Waals surface area (Å²) < 4.78 is 0. The summed E-state index contributed by atoms with van der Waals surface area (Å²) in [7, 11) is 0. The smallest absolute Gasteiger partial charge is 0.0634 e. The van der Waals surface area contributed by atoms with E-state index in [0.717, 1.165) is 22.5 Å². The van der Waals surface area contributed by atoms with E-state index in [4.69, 9.17) is 16.7 Å². The molecule has 0 bridgehead atoms. The second-order valence-corrected chi connectivity index (χ2v) is 4.91. The highest BCUT2D eigenvalue weighted by atomic mass is 14.5. The number of benzene rings is 2. The van der Waals surface area contributed by atoms with Crippen LogP contribution in [0.4, 0.5) is 11.4 Å². The Kier molecular flexibility index (Phi) is 3.43. The van der Waals surface area contributed by atoms with E-state index in [1.165, 1.54) is 0 Å². The molecule has 0 aliphatic carbocycles. The largest absolute Gasteiger partial charge is 0.399 e. The Morgan fingerprint density at radius 2 is 1.26 bits per heavy atom. The van der Waals surface area contributed by atoms with Crippen molar-refractivity contribution in [1.82, 2.24) is 0 Å². The molecule has 0 amide bonds. The van der Waals surface area contributed by atoms with Gasteiger partial charge in [0.2, 0.25) is 0 Å². The summed E-state index contributed by atoms with van der Waals surface area (Å²) in [6, 6.07) is 17.6. The van der Waals surface area contributed by atoms with Crippen molar-refractivity contribution >= 4 is 11.4 Å². The SMILES string of the molecule is CC(CC#N)(c1ccc(N)cc1)c1ccc(N)cc1. The molecule has 0 saturated heterocycles. The van der Waals surface area contributed by atoms with E-state index < -0.39 is 0 Å². The number of anilines is 2. The highest BCUT2D eigenvalue weighted by molar-refractivity contribution is 5.48. The minimum atomic E-state index is -0.351. The number of nitrogen functional groups attached to an aromatic ring is 2. The van der Waals surface area contributed by atoms with Gasteiger partial charge in [0.05, 0.1) is 6.07 Å². The zero-order valence-electron chi connectivity index (χ0n) is 10.9. The van der Waals surface area contributed by atoms with Gasteiger partial charge in [0.15, 0.2) is 0 Å². The van der Waals surface area contributed by atoms with Gasteiger partial charge in [-0.3, -0.25) is 0 Å².